The number of carbonyl (C=O) groups excluding carboxylic acids is 1. The maximum Gasteiger partial charge on any atom is 0.352 e. The zero-order valence-corrected chi connectivity index (χ0v) is 11.4. The number of aromatic carboxylic acids is 1. The number of carbonyl (C=O) groups is 2. The highest BCUT2D eigenvalue weighted by atomic mass is 16.5. The predicted molar refractivity (Wildman–Crippen MR) is 69.6 cm³/mol. The monoisotopic (exact) mass is 277 g/mol. The summed E-state index contributed by atoms with van der Waals surface area (Å²) in [5, 5.41) is 15.5. The van der Waals surface area contributed by atoms with E-state index < -0.39 is 5.97 Å². The van der Waals surface area contributed by atoms with E-state index in [0.29, 0.717) is 28.3 Å². The van der Waals surface area contributed by atoms with Gasteiger partial charge in [-0.1, -0.05) is 5.16 Å². The quantitative estimate of drug-likeness (QED) is 0.785. The summed E-state index contributed by atoms with van der Waals surface area (Å²) < 4.78 is 4.90. The lowest BCUT2D eigenvalue weighted by molar-refractivity contribution is 0.0690. The molecule has 3 N–H and O–H groups in total. The second-order valence-corrected chi connectivity index (χ2v) is 4.54. The number of carboxylic acid groups (broad SMARTS) is 1. The lowest BCUT2D eigenvalue weighted by Gasteiger charge is -2.03. The molecule has 1 amide bonds. The normalized spacial score (nSPS) is 10.6. The minimum atomic E-state index is -1.09. The molecule has 2 heterocycles. The molecule has 0 fully saturated rings. The molecule has 0 saturated carbocycles. The van der Waals surface area contributed by atoms with Gasteiger partial charge in [0.2, 0.25) is 0 Å². The molecule has 0 atom stereocenters. The van der Waals surface area contributed by atoms with E-state index in [1.54, 1.807) is 26.8 Å². The van der Waals surface area contributed by atoms with Gasteiger partial charge in [0.05, 0.1) is 12.1 Å². The summed E-state index contributed by atoms with van der Waals surface area (Å²) in [4.78, 5) is 25.8. The number of H-pyrrole nitrogens is 1. The molecule has 0 aliphatic rings. The zero-order chi connectivity index (χ0) is 14.9. The Morgan fingerprint density at radius 1 is 1.40 bits per heavy atom. The molecule has 2 rings (SSSR count). The fourth-order valence-electron chi connectivity index (χ4n) is 2.06. The van der Waals surface area contributed by atoms with Crippen molar-refractivity contribution in [2.75, 3.05) is 0 Å². The first kappa shape index (κ1) is 13.9. The Morgan fingerprint density at radius 2 is 2.10 bits per heavy atom. The van der Waals surface area contributed by atoms with Gasteiger partial charge in [-0.05, 0) is 26.3 Å². The van der Waals surface area contributed by atoms with E-state index in [-0.39, 0.29) is 18.1 Å². The summed E-state index contributed by atoms with van der Waals surface area (Å²) in [7, 11) is 0. The Bertz CT molecular complexity index is 669. The standard InChI is InChI=1S/C13H15N3O4/c1-6-4-9(16-20-6)5-14-12(17)10-7(2)11(13(18)19)15-8(10)3/h4,15H,5H2,1-3H3,(H,14,17)(H,18,19). The largest absolute Gasteiger partial charge is 0.477 e. The molecular weight excluding hydrogens is 262 g/mol. The van der Waals surface area contributed by atoms with Crippen LogP contribution in [0.15, 0.2) is 10.6 Å². The van der Waals surface area contributed by atoms with Crippen LogP contribution in [0.3, 0.4) is 0 Å². The number of hydrogen-bond acceptors (Lipinski definition) is 4. The van der Waals surface area contributed by atoms with Crippen LogP contribution in [-0.4, -0.2) is 27.1 Å². The molecule has 0 aromatic carbocycles. The van der Waals surface area contributed by atoms with Crippen LogP contribution in [0, 0.1) is 20.8 Å². The maximum atomic E-state index is 12.1. The van der Waals surface area contributed by atoms with Crippen LogP contribution in [0.1, 0.15) is 43.6 Å². The molecule has 7 nitrogen and oxygen atoms in total. The number of aryl methyl sites for hydroxylation is 2. The van der Waals surface area contributed by atoms with Crippen LogP contribution < -0.4 is 5.32 Å². The molecule has 0 spiro atoms. The Labute approximate surface area is 115 Å². The molecule has 2 aromatic heterocycles. The van der Waals surface area contributed by atoms with Crippen LogP contribution in [-0.2, 0) is 6.54 Å². The third-order valence-corrected chi connectivity index (χ3v) is 2.99. The summed E-state index contributed by atoms with van der Waals surface area (Å²) in [6, 6.07) is 1.72. The first-order valence-corrected chi connectivity index (χ1v) is 6.03. The average Bonchev–Trinajstić information content (AvgIpc) is 2.91. The van der Waals surface area contributed by atoms with Gasteiger partial charge in [-0.2, -0.15) is 0 Å². The number of nitrogens with zero attached hydrogens (tertiary/aromatic N) is 1. The number of rotatable bonds is 4. The first-order chi connectivity index (χ1) is 9.40. The van der Waals surface area contributed by atoms with Gasteiger partial charge in [0.15, 0.2) is 0 Å². The second kappa shape index (κ2) is 5.20. The highest BCUT2D eigenvalue weighted by Crippen LogP contribution is 2.18. The van der Waals surface area contributed by atoms with Gasteiger partial charge in [-0.25, -0.2) is 4.79 Å². The third kappa shape index (κ3) is 2.56. The molecule has 106 valence electrons. The fourth-order valence-corrected chi connectivity index (χ4v) is 2.06. The Balaban J connectivity index is 2.15. The van der Waals surface area contributed by atoms with Gasteiger partial charge < -0.3 is 19.9 Å². The molecule has 0 radical (unpaired) electrons. The minimum Gasteiger partial charge on any atom is -0.477 e. The van der Waals surface area contributed by atoms with Crippen molar-refractivity contribution in [2.45, 2.75) is 27.3 Å². The number of carboxylic acids is 1. The summed E-state index contributed by atoms with van der Waals surface area (Å²) in [6.45, 7) is 5.25. The maximum absolute atomic E-state index is 12.1. The summed E-state index contributed by atoms with van der Waals surface area (Å²) in [5.74, 6) is -0.766. The Morgan fingerprint density at radius 3 is 2.60 bits per heavy atom. The van der Waals surface area contributed by atoms with Crippen molar-refractivity contribution < 1.29 is 19.2 Å². The van der Waals surface area contributed by atoms with Gasteiger partial charge in [0.25, 0.3) is 5.91 Å². The molecule has 0 saturated heterocycles. The van der Waals surface area contributed by atoms with Crippen LogP contribution in [0.2, 0.25) is 0 Å². The van der Waals surface area contributed by atoms with E-state index in [0.717, 1.165) is 0 Å². The lowest BCUT2D eigenvalue weighted by atomic mass is 10.1. The van der Waals surface area contributed by atoms with E-state index >= 15 is 0 Å². The molecule has 0 unspecified atom stereocenters. The second-order valence-electron chi connectivity index (χ2n) is 4.54. The first-order valence-electron chi connectivity index (χ1n) is 6.03. The van der Waals surface area contributed by atoms with Crippen molar-refractivity contribution in [1.29, 1.82) is 0 Å². The molecular formula is C13H15N3O4. The number of amides is 1. The van der Waals surface area contributed by atoms with Crippen LogP contribution in [0.5, 0.6) is 0 Å². The van der Waals surface area contributed by atoms with E-state index in [9.17, 15) is 9.59 Å². The SMILES string of the molecule is Cc1cc(CNC(=O)c2c(C)[nH]c(C(=O)O)c2C)no1. The number of aromatic nitrogens is 2. The highest BCUT2D eigenvalue weighted by Gasteiger charge is 2.21. The van der Waals surface area contributed by atoms with Crippen LogP contribution in [0.25, 0.3) is 0 Å². The smallest absolute Gasteiger partial charge is 0.352 e. The number of nitrogens with one attached hydrogen (secondary N) is 2. The van der Waals surface area contributed by atoms with E-state index in [1.165, 1.54) is 0 Å². The van der Waals surface area contributed by atoms with Crippen molar-refractivity contribution in [3.8, 4) is 0 Å². The lowest BCUT2D eigenvalue weighted by Crippen LogP contribution is -2.24. The van der Waals surface area contributed by atoms with Gasteiger partial charge in [-0.15, -0.1) is 0 Å². The average molecular weight is 277 g/mol. The molecule has 20 heavy (non-hydrogen) atoms. The highest BCUT2D eigenvalue weighted by molar-refractivity contribution is 6.00. The van der Waals surface area contributed by atoms with Crippen molar-refractivity contribution >= 4 is 11.9 Å². The van der Waals surface area contributed by atoms with Crippen molar-refractivity contribution in [3.63, 3.8) is 0 Å². The Kier molecular flexibility index (Phi) is 3.60. The van der Waals surface area contributed by atoms with Gasteiger partial charge in [0, 0.05) is 11.8 Å². The molecule has 2 aromatic rings. The molecule has 0 bridgehead atoms. The van der Waals surface area contributed by atoms with E-state index in [2.05, 4.69) is 15.5 Å². The van der Waals surface area contributed by atoms with Gasteiger partial charge >= 0.3 is 5.97 Å². The summed E-state index contributed by atoms with van der Waals surface area (Å²) in [5.41, 5.74) is 1.94. The van der Waals surface area contributed by atoms with Crippen molar-refractivity contribution in [3.05, 3.63) is 40.0 Å². The zero-order valence-electron chi connectivity index (χ0n) is 11.4. The van der Waals surface area contributed by atoms with Gasteiger partial charge in [0.1, 0.15) is 17.1 Å². The van der Waals surface area contributed by atoms with Crippen LogP contribution >= 0.6 is 0 Å². The summed E-state index contributed by atoms with van der Waals surface area (Å²) >= 11 is 0. The van der Waals surface area contributed by atoms with Crippen molar-refractivity contribution in [2.24, 2.45) is 0 Å². The van der Waals surface area contributed by atoms with E-state index in [1.807, 2.05) is 0 Å². The fraction of sp³-hybridized carbons (Fsp3) is 0.308. The number of hydrogen-bond donors (Lipinski definition) is 3. The molecule has 7 heteroatoms. The molecule has 0 aliphatic heterocycles. The third-order valence-electron chi connectivity index (χ3n) is 2.99. The number of aromatic amines is 1. The summed E-state index contributed by atoms with van der Waals surface area (Å²) in [6.07, 6.45) is 0. The minimum absolute atomic E-state index is 0.0323. The topological polar surface area (TPSA) is 108 Å². The van der Waals surface area contributed by atoms with Gasteiger partial charge in [-0.3, -0.25) is 4.79 Å². The Hall–Kier alpha value is -2.57. The van der Waals surface area contributed by atoms with Crippen LogP contribution in [0.4, 0.5) is 0 Å². The van der Waals surface area contributed by atoms with Crippen molar-refractivity contribution in [1.82, 2.24) is 15.5 Å². The van der Waals surface area contributed by atoms with E-state index in [4.69, 9.17) is 9.63 Å². The molecule has 0 aliphatic carbocycles. The predicted octanol–water partition coefficient (Wildman–Crippen LogP) is 1.56.